The van der Waals surface area contributed by atoms with Gasteiger partial charge in [-0.25, -0.2) is 5.84 Å². The lowest BCUT2D eigenvalue weighted by molar-refractivity contribution is -0.123. The largest absolute Gasteiger partial charge is 0.294 e. The summed E-state index contributed by atoms with van der Waals surface area (Å²) in [5.41, 5.74) is 2.17. The second kappa shape index (κ2) is 4.13. The van der Waals surface area contributed by atoms with Crippen molar-refractivity contribution in [1.29, 1.82) is 0 Å². The zero-order valence-corrected chi connectivity index (χ0v) is 6.55. The van der Waals surface area contributed by atoms with Crippen molar-refractivity contribution in [3.63, 3.8) is 0 Å². The second-order valence-electron chi connectivity index (χ2n) is 2.83. The molecule has 1 atom stereocenters. The fourth-order valence-electron chi connectivity index (χ4n) is 1.31. The van der Waals surface area contributed by atoms with E-state index in [0.717, 1.165) is 19.3 Å². The highest BCUT2D eigenvalue weighted by Crippen LogP contribution is 2.16. The molecule has 3 heteroatoms. The Kier molecular flexibility index (Phi) is 3.11. The zero-order valence-electron chi connectivity index (χ0n) is 6.55. The predicted molar refractivity (Wildman–Crippen MR) is 43.4 cm³/mol. The van der Waals surface area contributed by atoms with Crippen molar-refractivity contribution in [2.75, 3.05) is 0 Å². The number of amides is 1. The van der Waals surface area contributed by atoms with E-state index in [1.165, 1.54) is 6.42 Å². The molecule has 0 aromatic heterocycles. The molecule has 0 bridgehead atoms. The van der Waals surface area contributed by atoms with Crippen LogP contribution in [0.2, 0.25) is 0 Å². The average molecular weight is 154 g/mol. The van der Waals surface area contributed by atoms with Gasteiger partial charge in [0.1, 0.15) is 0 Å². The quantitative estimate of drug-likeness (QED) is 0.253. The Morgan fingerprint density at radius 1 is 1.55 bits per heavy atom. The second-order valence-corrected chi connectivity index (χ2v) is 2.83. The number of hydrazine groups is 1. The van der Waals surface area contributed by atoms with Crippen molar-refractivity contribution in [1.82, 2.24) is 5.43 Å². The maximum Gasteiger partial charge on any atom is 0.240 e. The molecule has 0 radical (unpaired) electrons. The fraction of sp³-hybridized carbons (Fsp3) is 0.625. The third kappa shape index (κ3) is 2.35. The lowest BCUT2D eigenvalue weighted by Crippen LogP contribution is -2.35. The van der Waals surface area contributed by atoms with Gasteiger partial charge < -0.3 is 0 Å². The van der Waals surface area contributed by atoms with Crippen molar-refractivity contribution in [3.8, 4) is 0 Å². The van der Waals surface area contributed by atoms with E-state index in [4.69, 9.17) is 5.84 Å². The van der Waals surface area contributed by atoms with Crippen LogP contribution >= 0.6 is 0 Å². The summed E-state index contributed by atoms with van der Waals surface area (Å²) in [5.74, 6) is 4.96. The first-order chi connectivity index (χ1) is 5.34. The number of nitrogens with one attached hydrogen (secondary N) is 1. The molecule has 0 saturated carbocycles. The van der Waals surface area contributed by atoms with E-state index in [-0.39, 0.29) is 11.8 Å². The van der Waals surface area contributed by atoms with Gasteiger partial charge in [0.05, 0.1) is 5.92 Å². The van der Waals surface area contributed by atoms with Crippen molar-refractivity contribution in [2.45, 2.75) is 25.7 Å². The van der Waals surface area contributed by atoms with Crippen molar-refractivity contribution >= 4 is 5.91 Å². The summed E-state index contributed by atoms with van der Waals surface area (Å²) in [6.07, 6.45) is 8.34. The van der Waals surface area contributed by atoms with E-state index < -0.39 is 0 Å². The highest BCUT2D eigenvalue weighted by Gasteiger charge is 2.14. The third-order valence-electron chi connectivity index (χ3n) is 1.98. The number of allylic oxidation sites excluding steroid dienone is 1. The standard InChI is InChI=1S/C8H14N2O/c9-10-8(11)7-5-3-1-2-4-6-7/h3,5,7H,1-2,4,6,9H2,(H,10,11). The van der Waals surface area contributed by atoms with Gasteiger partial charge in [0.15, 0.2) is 0 Å². The average Bonchev–Trinajstić information content (AvgIpc) is 2.30. The molecule has 1 aliphatic carbocycles. The van der Waals surface area contributed by atoms with E-state index in [9.17, 15) is 4.79 Å². The Bertz CT molecular complexity index is 165. The summed E-state index contributed by atoms with van der Waals surface area (Å²) in [4.78, 5) is 11.0. The minimum atomic E-state index is -0.0665. The third-order valence-corrected chi connectivity index (χ3v) is 1.98. The number of hydrogen-bond acceptors (Lipinski definition) is 2. The number of hydrogen-bond donors (Lipinski definition) is 2. The molecular formula is C8H14N2O. The molecule has 3 nitrogen and oxygen atoms in total. The Labute approximate surface area is 66.6 Å². The molecule has 1 aliphatic rings. The number of nitrogens with two attached hydrogens (primary N) is 1. The van der Waals surface area contributed by atoms with Crippen LogP contribution in [0.5, 0.6) is 0 Å². The normalized spacial score (nSPS) is 24.3. The Hall–Kier alpha value is -0.830. The Balaban J connectivity index is 2.48. The van der Waals surface area contributed by atoms with E-state index in [1.807, 2.05) is 6.08 Å². The van der Waals surface area contributed by atoms with E-state index in [1.54, 1.807) is 0 Å². The minimum Gasteiger partial charge on any atom is -0.294 e. The van der Waals surface area contributed by atoms with Crippen LogP contribution in [0.1, 0.15) is 25.7 Å². The van der Waals surface area contributed by atoms with Crippen LogP contribution in [0.3, 0.4) is 0 Å². The highest BCUT2D eigenvalue weighted by atomic mass is 16.2. The van der Waals surface area contributed by atoms with Crippen LogP contribution in [0.15, 0.2) is 12.2 Å². The first-order valence-electron chi connectivity index (χ1n) is 4.01. The van der Waals surface area contributed by atoms with Crippen LogP contribution in [0, 0.1) is 5.92 Å². The van der Waals surface area contributed by atoms with E-state index in [2.05, 4.69) is 11.5 Å². The molecule has 0 spiro atoms. The van der Waals surface area contributed by atoms with Gasteiger partial charge in [0.2, 0.25) is 5.91 Å². The zero-order chi connectivity index (χ0) is 8.10. The molecule has 11 heavy (non-hydrogen) atoms. The SMILES string of the molecule is NNC(=O)C1C=CCCCC1. The summed E-state index contributed by atoms with van der Waals surface area (Å²) in [6, 6.07) is 0. The van der Waals surface area contributed by atoms with Gasteiger partial charge in [0.25, 0.3) is 0 Å². The summed E-state index contributed by atoms with van der Waals surface area (Å²) in [6.45, 7) is 0. The first-order valence-corrected chi connectivity index (χ1v) is 4.01. The lowest BCUT2D eigenvalue weighted by Gasteiger charge is -2.07. The van der Waals surface area contributed by atoms with Crippen LogP contribution in [0.25, 0.3) is 0 Å². The summed E-state index contributed by atoms with van der Waals surface area (Å²) in [7, 11) is 0. The maximum atomic E-state index is 11.0. The molecule has 0 aromatic carbocycles. The van der Waals surface area contributed by atoms with Gasteiger partial charge in [0, 0.05) is 0 Å². The molecule has 1 amide bonds. The van der Waals surface area contributed by atoms with Crippen LogP contribution in [-0.4, -0.2) is 5.91 Å². The Morgan fingerprint density at radius 3 is 3.09 bits per heavy atom. The first kappa shape index (κ1) is 8.27. The van der Waals surface area contributed by atoms with Crippen LogP contribution in [0.4, 0.5) is 0 Å². The molecule has 0 aromatic rings. The van der Waals surface area contributed by atoms with Gasteiger partial charge >= 0.3 is 0 Å². The highest BCUT2D eigenvalue weighted by molar-refractivity contribution is 5.79. The van der Waals surface area contributed by atoms with Crippen LogP contribution < -0.4 is 11.3 Å². The number of carbonyl (C=O) groups excluding carboxylic acids is 1. The fourth-order valence-corrected chi connectivity index (χ4v) is 1.31. The molecule has 0 fully saturated rings. The van der Waals surface area contributed by atoms with Crippen molar-refractivity contribution in [2.24, 2.45) is 11.8 Å². The van der Waals surface area contributed by atoms with E-state index in [0.29, 0.717) is 0 Å². The monoisotopic (exact) mass is 154 g/mol. The smallest absolute Gasteiger partial charge is 0.240 e. The topological polar surface area (TPSA) is 55.1 Å². The van der Waals surface area contributed by atoms with Gasteiger partial charge in [-0.2, -0.15) is 0 Å². The molecule has 0 aliphatic heterocycles. The maximum absolute atomic E-state index is 11.0. The summed E-state index contributed by atoms with van der Waals surface area (Å²) >= 11 is 0. The summed E-state index contributed by atoms with van der Waals surface area (Å²) < 4.78 is 0. The molecule has 0 heterocycles. The van der Waals surface area contributed by atoms with Crippen molar-refractivity contribution < 1.29 is 4.79 Å². The van der Waals surface area contributed by atoms with Gasteiger partial charge in [-0.15, -0.1) is 0 Å². The van der Waals surface area contributed by atoms with Gasteiger partial charge in [-0.3, -0.25) is 10.2 Å². The molecular weight excluding hydrogens is 140 g/mol. The lowest BCUT2D eigenvalue weighted by atomic mass is 10.0. The van der Waals surface area contributed by atoms with E-state index >= 15 is 0 Å². The van der Waals surface area contributed by atoms with Gasteiger partial charge in [-0.1, -0.05) is 18.6 Å². The molecule has 1 unspecified atom stereocenters. The molecule has 1 rings (SSSR count). The number of carbonyl (C=O) groups is 1. The van der Waals surface area contributed by atoms with Crippen LogP contribution in [-0.2, 0) is 4.79 Å². The van der Waals surface area contributed by atoms with Crippen molar-refractivity contribution in [3.05, 3.63) is 12.2 Å². The molecule has 0 saturated heterocycles. The Morgan fingerprint density at radius 2 is 2.36 bits per heavy atom. The number of rotatable bonds is 1. The minimum absolute atomic E-state index is 0.00231. The summed E-state index contributed by atoms with van der Waals surface area (Å²) in [5, 5.41) is 0. The predicted octanol–water partition coefficient (Wildman–Crippen LogP) is 0.723. The molecule has 62 valence electrons. The van der Waals surface area contributed by atoms with Gasteiger partial charge in [-0.05, 0) is 19.3 Å². The molecule has 3 N–H and O–H groups in total.